The predicted octanol–water partition coefficient (Wildman–Crippen LogP) is 1.93. The van der Waals surface area contributed by atoms with Gasteiger partial charge in [-0.05, 0) is 38.6 Å². The van der Waals surface area contributed by atoms with Crippen LogP contribution in [0.3, 0.4) is 0 Å². The molecule has 1 fully saturated rings. The van der Waals surface area contributed by atoms with Crippen molar-refractivity contribution in [3.63, 3.8) is 0 Å². The van der Waals surface area contributed by atoms with Gasteiger partial charge >= 0.3 is 0 Å². The van der Waals surface area contributed by atoms with Crippen LogP contribution in [0.5, 0.6) is 0 Å². The topological polar surface area (TPSA) is 42.7 Å². The molecule has 0 bridgehead atoms. The summed E-state index contributed by atoms with van der Waals surface area (Å²) in [5.74, 6) is 0. The van der Waals surface area contributed by atoms with E-state index in [1.165, 1.54) is 12.8 Å². The SMILES string of the molecule is CCC=CCCc1cn(C[C@H]2CCCN2)nn1. The van der Waals surface area contributed by atoms with E-state index in [2.05, 4.69) is 40.9 Å². The van der Waals surface area contributed by atoms with Gasteiger partial charge in [0.15, 0.2) is 0 Å². The summed E-state index contributed by atoms with van der Waals surface area (Å²) in [6.45, 7) is 4.26. The number of aryl methyl sites for hydroxylation is 1. The highest BCUT2D eigenvalue weighted by Gasteiger charge is 2.14. The molecular weight excluding hydrogens is 212 g/mol. The van der Waals surface area contributed by atoms with Gasteiger partial charge in [-0.2, -0.15) is 0 Å². The molecule has 0 saturated carbocycles. The lowest BCUT2D eigenvalue weighted by Gasteiger charge is -2.08. The number of hydrogen-bond donors (Lipinski definition) is 1. The van der Waals surface area contributed by atoms with E-state index in [-0.39, 0.29) is 0 Å². The van der Waals surface area contributed by atoms with Gasteiger partial charge in [0.2, 0.25) is 0 Å². The normalized spacial score (nSPS) is 20.4. The number of hydrogen-bond acceptors (Lipinski definition) is 3. The fourth-order valence-corrected chi connectivity index (χ4v) is 2.20. The first-order valence-electron chi connectivity index (χ1n) is 6.66. The number of allylic oxidation sites excluding steroid dienone is 2. The van der Waals surface area contributed by atoms with Crippen LogP contribution in [0, 0.1) is 0 Å². The van der Waals surface area contributed by atoms with Crippen molar-refractivity contribution in [1.29, 1.82) is 0 Å². The maximum Gasteiger partial charge on any atom is 0.0830 e. The first kappa shape index (κ1) is 12.3. The van der Waals surface area contributed by atoms with Crippen molar-refractivity contribution in [2.24, 2.45) is 0 Å². The number of rotatable bonds is 6. The molecular formula is C13H22N4. The zero-order valence-electron chi connectivity index (χ0n) is 10.6. The second-order valence-corrected chi connectivity index (χ2v) is 4.64. The molecule has 0 aromatic carbocycles. The summed E-state index contributed by atoms with van der Waals surface area (Å²) >= 11 is 0. The second-order valence-electron chi connectivity index (χ2n) is 4.64. The van der Waals surface area contributed by atoms with E-state index in [1.54, 1.807) is 0 Å². The van der Waals surface area contributed by atoms with Gasteiger partial charge in [-0.1, -0.05) is 24.3 Å². The molecule has 1 aromatic heterocycles. The summed E-state index contributed by atoms with van der Waals surface area (Å²) in [6.07, 6.45) is 12.2. The summed E-state index contributed by atoms with van der Waals surface area (Å²) in [5.41, 5.74) is 1.10. The first-order valence-corrected chi connectivity index (χ1v) is 6.66. The Labute approximate surface area is 103 Å². The van der Waals surface area contributed by atoms with Crippen LogP contribution in [-0.2, 0) is 13.0 Å². The van der Waals surface area contributed by atoms with E-state index in [0.29, 0.717) is 6.04 Å². The molecule has 1 aliphatic heterocycles. The standard InChI is InChI=1S/C13H22N4/c1-2-3-4-5-7-13-11-17(16-15-13)10-12-8-6-9-14-12/h3-4,11-12,14H,2,5-10H2,1H3/t12-/m1/s1. The summed E-state index contributed by atoms with van der Waals surface area (Å²) in [4.78, 5) is 0. The fraction of sp³-hybridized carbons (Fsp3) is 0.692. The smallest absolute Gasteiger partial charge is 0.0830 e. The second kappa shape index (κ2) is 6.55. The molecule has 1 atom stereocenters. The average molecular weight is 234 g/mol. The van der Waals surface area contributed by atoms with E-state index >= 15 is 0 Å². The van der Waals surface area contributed by atoms with Gasteiger partial charge in [-0.25, -0.2) is 0 Å². The minimum Gasteiger partial charge on any atom is -0.312 e. The third-order valence-electron chi connectivity index (χ3n) is 3.13. The Balaban J connectivity index is 1.76. The molecule has 0 spiro atoms. The van der Waals surface area contributed by atoms with Crippen LogP contribution < -0.4 is 5.32 Å². The highest BCUT2D eigenvalue weighted by atomic mass is 15.4. The van der Waals surface area contributed by atoms with Crippen molar-refractivity contribution in [3.8, 4) is 0 Å². The Morgan fingerprint density at radius 2 is 2.47 bits per heavy atom. The van der Waals surface area contributed by atoms with Gasteiger partial charge in [0, 0.05) is 12.2 Å². The van der Waals surface area contributed by atoms with Crippen molar-refractivity contribution < 1.29 is 0 Å². The summed E-state index contributed by atoms with van der Waals surface area (Å²) in [6, 6.07) is 0.588. The molecule has 0 aliphatic carbocycles. The zero-order chi connectivity index (χ0) is 11.9. The molecule has 0 unspecified atom stereocenters. The van der Waals surface area contributed by atoms with Gasteiger partial charge in [0.25, 0.3) is 0 Å². The molecule has 1 aliphatic rings. The largest absolute Gasteiger partial charge is 0.312 e. The highest BCUT2D eigenvalue weighted by molar-refractivity contribution is 4.96. The van der Waals surface area contributed by atoms with Crippen LogP contribution in [0.4, 0.5) is 0 Å². The van der Waals surface area contributed by atoms with Crippen molar-refractivity contribution >= 4 is 0 Å². The summed E-state index contributed by atoms with van der Waals surface area (Å²) in [5, 5.41) is 11.9. The minimum absolute atomic E-state index is 0.588. The van der Waals surface area contributed by atoms with E-state index < -0.39 is 0 Å². The lowest BCUT2D eigenvalue weighted by Crippen LogP contribution is -2.26. The molecule has 94 valence electrons. The van der Waals surface area contributed by atoms with Crippen molar-refractivity contribution in [3.05, 3.63) is 24.0 Å². The maximum atomic E-state index is 4.21. The van der Waals surface area contributed by atoms with Gasteiger partial charge in [0.05, 0.1) is 12.2 Å². The minimum atomic E-state index is 0.588. The highest BCUT2D eigenvalue weighted by Crippen LogP contribution is 2.07. The molecule has 2 rings (SSSR count). The number of nitrogens with zero attached hydrogens (tertiary/aromatic N) is 3. The Bertz CT molecular complexity index is 350. The first-order chi connectivity index (χ1) is 8.38. The molecule has 1 aromatic rings. The number of aromatic nitrogens is 3. The van der Waals surface area contributed by atoms with Gasteiger partial charge in [-0.3, -0.25) is 4.68 Å². The quantitative estimate of drug-likeness (QED) is 0.765. The van der Waals surface area contributed by atoms with Crippen LogP contribution in [-0.4, -0.2) is 27.6 Å². The molecule has 0 amide bonds. The van der Waals surface area contributed by atoms with E-state index in [1.807, 2.05) is 4.68 Å². The lowest BCUT2D eigenvalue weighted by atomic mass is 10.2. The predicted molar refractivity (Wildman–Crippen MR) is 68.8 cm³/mol. The van der Waals surface area contributed by atoms with Gasteiger partial charge in [0.1, 0.15) is 0 Å². The zero-order valence-corrected chi connectivity index (χ0v) is 10.6. The number of nitrogens with one attached hydrogen (secondary N) is 1. The molecule has 1 N–H and O–H groups in total. The van der Waals surface area contributed by atoms with Crippen LogP contribution in [0.2, 0.25) is 0 Å². The fourth-order valence-electron chi connectivity index (χ4n) is 2.20. The molecule has 4 heteroatoms. The molecule has 17 heavy (non-hydrogen) atoms. The lowest BCUT2D eigenvalue weighted by molar-refractivity contribution is 0.466. The van der Waals surface area contributed by atoms with Crippen LogP contribution in [0.15, 0.2) is 18.3 Å². The Morgan fingerprint density at radius 1 is 1.53 bits per heavy atom. The van der Waals surface area contributed by atoms with E-state index in [4.69, 9.17) is 0 Å². The monoisotopic (exact) mass is 234 g/mol. The third-order valence-corrected chi connectivity index (χ3v) is 3.13. The molecule has 1 saturated heterocycles. The van der Waals surface area contributed by atoms with Crippen molar-refractivity contribution in [2.45, 2.75) is 51.6 Å². The van der Waals surface area contributed by atoms with Gasteiger partial charge in [-0.15, -0.1) is 5.10 Å². The molecule has 4 nitrogen and oxygen atoms in total. The summed E-state index contributed by atoms with van der Waals surface area (Å²) in [7, 11) is 0. The van der Waals surface area contributed by atoms with E-state index in [0.717, 1.165) is 38.0 Å². The third kappa shape index (κ3) is 3.97. The van der Waals surface area contributed by atoms with Crippen LogP contribution in [0.25, 0.3) is 0 Å². The molecule has 2 heterocycles. The molecule has 0 radical (unpaired) electrons. The Hall–Kier alpha value is -1.16. The van der Waals surface area contributed by atoms with Crippen molar-refractivity contribution in [1.82, 2.24) is 20.3 Å². The van der Waals surface area contributed by atoms with Crippen LogP contribution >= 0.6 is 0 Å². The van der Waals surface area contributed by atoms with Crippen LogP contribution in [0.1, 0.15) is 38.3 Å². The van der Waals surface area contributed by atoms with Gasteiger partial charge < -0.3 is 5.32 Å². The Morgan fingerprint density at radius 3 is 3.24 bits per heavy atom. The van der Waals surface area contributed by atoms with E-state index in [9.17, 15) is 0 Å². The maximum absolute atomic E-state index is 4.21. The average Bonchev–Trinajstić information content (AvgIpc) is 2.97. The van der Waals surface area contributed by atoms with Crippen molar-refractivity contribution in [2.75, 3.05) is 6.54 Å². The summed E-state index contributed by atoms with van der Waals surface area (Å²) < 4.78 is 1.97. The Kier molecular flexibility index (Phi) is 4.74.